The van der Waals surface area contributed by atoms with Crippen LogP contribution in [0.25, 0.3) is 0 Å². The van der Waals surface area contributed by atoms with Crippen LogP contribution in [0.15, 0.2) is 42.7 Å². The van der Waals surface area contributed by atoms with Gasteiger partial charge < -0.3 is 5.11 Å². The molecule has 0 spiro atoms. The molecule has 3 nitrogen and oxygen atoms in total. The molecular formula is C18H24N2O. The molecule has 112 valence electrons. The number of hydrogen-bond donors (Lipinski definition) is 1. The van der Waals surface area contributed by atoms with Crippen LogP contribution >= 0.6 is 0 Å². The maximum atomic E-state index is 11.4. The first-order valence-corrected chi connectivity index (χ1v) is 8.04. The maximum absolute atomic E-state index is 11.4. The van der Waals surface area contributed by atoms with Crippen molar-refractivity contribution in [1.82, 2.24) is 9.78 Å². The number of aryl methyl sites for hydroxylation is 1. The fraction of sp³-hybridized carbons (Fsp3) is 0.500. The zero-order chi connectivity index (χ0) is 14.7. The average Bonchev–Trinajstić information content (AvgIpc) is 2.98. The van der Waals surface area contributed by atoms with Crippen LogP contribution in [0.2, 0.25) is 0 Å². The summed E-state index contributed by atoms with van der Waals surface area (Å²) < 4.78 is 1.95. The summed E-state index contributed by atoms with van der Waals surface area (Å²) in [5.41, 5.74) is 1.44. The molecule has 3 heteroatoms. The van der Waals surface area contributed by atoms with Crippen LogP contribution in [0.1, 0.15) is 56.1 Å². The van der Waals surface area contributed by atoms with Crippen molar-refractivity contribution >= 4 is 0 Å². The summed E-state index contributed by atoms with van der Waals surface area (Å²) >= 11 is 0. The second-order valence-corrected chi connectivity index (χ2v) is 6.13. The zero-order valence-corrected chi connectivity index (χ0v) is 12.7. The minimum atomic E-state index is -0.772. The Hall–Kier alpha value is -1.61. The van der Waals surface area contributed by atoms with Gasteiger partial charge in [-0.1, -0.05) is 50.1 Å². The molecule has 1 heterocycles. The van der Waals surface area contributed by atoms with Gasteiger partial charge in [-0.3, -0.25) is 4.68 Å². The first-order valence-electron chi connectivity index (χ1n) is 8.04. The maximum Gasteiger partial charge on any atom is 0.0994 e. The highest BCUT2D eigenvalue weighted by molar-refractivity contribution is 5.29. The lowest BCUT2D eigenvalue weighted by Gasteiger charge is -2.40. The predicted molar refractivity (Wildman–Crippen MR) is 84.1 cm³/mol. The molecule has 2 aromatic rings. The van der Waals surface area contributed by atoms with Gasteiger partial charge in [0.1, 0.15) is 0 Å². The highest BCUT2D eigenvalue weighted by Gasteiger charge is 2.42. The number of rotatable bonds is 4. The lowest BCUT2D eigenvalue weighted by molar-refractivity contribution is -0.0225. The molecule has 21 heavy (non-hydrogen) atoms. The Kier molecular flexibility index (Phi) is 4.11. The first kappa shape index (κ1) is 14.3. The summed E-state index contributed by atoms with van der Waals surface area (Å²) in [6.07, 6.45) is 9.08. The zero-order valence-electron chi connectivity index (χ0n) is 12.7. The smallest absolute Gasteiger partial charge is 0.0994 e. The van der Waals surface area contributed by atoms with Crippen molar-refractivity contribution in [3.63, 3.8) is 0 Å². The van der Waals surface area contributed by atoms with Gasteiger partial charge in [-0.2, -0.15) is 5.10 Å². The Morgan fingerprint density at radius 2 is 2.10 bits per heavy atom. The lowest BCUT2D eigenvalue weighted by atomic mass is 9.69. The van der Waals surface area contributed by atoms with Gasteiger partial charge in [-0.05, 0) is 24.8 Å². The van der Waals surface area contributed by atoms with Gasteiger partial charge in [0.15, 0.2) is 0 Å². The molecule has 2 unspecified atom stereocenters. The Morgan fingerprint density at radius 3 is 2.86 bits per heavy atom. The lowest BCUT2D eigenvalue weighted by Crippen LogP contribution is -2.36. The van der Waals surface area contributed by atoms with Crippen molar-refractivity contribution < 1.29 is 5.11 Å². The summed E-state index contributed by atoms with van der Waals surface area (Å²) in [5, 5.41) is 15.8. The van der Waals surface area contributed by atoms with E-state index >= 15 is 0 Å². The molecule has 3 rings (SSSR count). The molecule has 1 saturated carbocycles. The van der Waals surface area contributed by atoms with E-state index in [1.165, 1.54) is 12.0 Å². The van der Waals surface area contributed by atoms with E-state index in [1.54, 1.807) is 0 Å². The van der Waals surface area contributed by atoms with E-state index in [0.29, 0.717) is 0 Å². The standard InChI is InChI=1S/C18H24N2O/c1-2-12-20-14-16(13-19-20)18(21)11-7-6-10-17(18)15-8-4-3-5-9-15/h3-5,8-9,13-14,17,21H,2,6-7,10-12H2,1H3. The molecule has 1 aromatic carbocycles. The highest BCUT2D eigenvalue weighted by atomic mass is 16.3. The van der Waals surface area contributed by atoms with Crippen molar-refractivity contribution in [2.45, 2.75) is 57.1 Å². The van der Waals surface area contributed by atoms with E-state index in [4.69, 9.17) is 0 Å². The Bertz CT molecular complexity index is 578. The minimum absolute atomic E-state index is 0.173. The van der Waals surface area contributed by atoms with Crippen LogP contribution in [-0.4, -0.2) is 14.9 Å². The van der Waals surface area contributed by atoms with Crippen LogP contribution in [0, 0.1) is 0 Å². The summed E-state index contributed by atoms with van der Waals surface area (Å²) in [6, 6.07) is 10.4. The minimum Gasteiger partial charge on any atom is -0.384 e. The van der Waals surface area contributed by atoms with E-state index in [2.05, 4.69) is 36.3 Å². The molecule has 0 bridgehead atoms. The molecule has 0 radical (unpaired) electrons. The highest BCUT2D eigenvalue weighted by Crippen LogP contribution is 2.47. The Labute approximate surface area is 126 Å². The van der Waals surface area contributed by atoms with Crippen molar-refractivity contribution in [1.29, 1.82) is 0 Å². The number of aromatic nitrogens is 2. The molecule has 1 fully saturated rings. The second-order valence-electron chi connectivity index (χ2n) is 6.13. The van der Waals surface area contributed by atoms with Gasteiger partial charge in [0.2, 0.25) is 0 Å². The molecule has 0 saturated heterocycles. The van der Waals surface area contributed by atoms with Crippen LogP contribution in [0.3, 0.4) is 0 Å². The molecule has 0 amide bonds. The van der Waals surface area contributed by atoms with Crippen LogP contribution in [0.5, 0.6) is 0 Å². The molecule has 2 atom stereocenters. The summed E-state index contributed by atoms with van der Waals surface area (Å²) in [6.45, 7) is 3.05. The fourth-order valence-corrected chi connectivity index (χ4v) is 3.57. The third-order valence-corrected chi connectivity index (χ3v) is 4.66. The third kappa shape index (κ3) is 2.75. The van der Waals surface area contributed by atoms with Gasteiger partial charge in [-0.15, -0.1) is 0 Å². The summed E-state index contributed by atoms with van der Waals surface area (Å²) in [4.78, 5) is 0. The van der Waals surface area contributed by atoms with E-state index < -0.39 is 5.60 Å². The molecule has 1 aromatic heterocycles. The normalized spacial score (nSPS) is 25.9. The van der Waals surface area contributed by atoms with E-state index in [-0.39, 0.29) is 5.92 Å². The Balaban J connectivity index is 1.94. The Morgan fingerprint density at radius 1 is 1.29 bits per heavy atom. The first-order chi connectivity index (χ1) is 10.2. The van der Waals surface area contributed by atoms with E-state index in [1.807, 2.05) is 23.1 Å². The van der Waals surface area contributed by atoms with Gasteiger partial charge in [0, 0.05) is 24.2 Å². The van der Waals surface area contributed by atoms with Gasteiger partial charge in [0.25, 0.3) is 0 Å². The van der Waals surface area contributed by atoms with Crippen LogP contribution < -0.4 is 0 Å². The summed E-state index contributed by atoms with van der Waals surface area (Å²) in [5.74, 6) is 0.173. The molecule has 1 aliphatic rings. The topological polar surface area (TPSA) is 38.0 Å². The fourth-order valence-electron chi connectivity index (χ4n) is 3.57. The second kappa shape index (κ2) is 6.02. The van der Waals surface area contributed by atoms with E-state index in [0.717, 1.165) is 37.8 Å². The number of aliphatic hydroxyl groups is 1. The van der Waals surface area contributed by atoms with Crippen molar-refractivity contribution in [3.05, 3.63) is 53.9 Å². The number of nitrogens with zero attached hydrogens (tertiary/aromatic N) is 2. The van der Waals surface area contributed by atoms with Crippen LogP contribution in [0.4, 0.5) is 0 Å². The van der Waals surface area contributed by atoms with Crippen molar-refractivity contribution in [2.75, 3.05) is 0 Å². The van der Waals surface area contributed by atoms with Crippen molar-refractivity contribution in [2.24, 2.45) is 0 Å². The average molecular weight is 284 g/mol. The van der Waals surface area contributed by atoms with Crippen molar-refractivity contribution in [3.8, 4) is 0 Å². The molecular weight excluding hydrogens is 260 g/mol. The molecule has 0 aliphatic heterocycles. The number of hydrogen-bond acceptors (Lipinski definition) is 2. The number of benzene rings is 1. The molecule has 1 N–H and O–H groups in total. The van der Waals surface area contributed by atoms with Gasteiger partial charge >= 0.3 is 0 Å². The third-order valence-electron chi connectivity index (χ3n) is 4.66. The largest absolute Gasteiger partial charge is 0.384 e. The van der Waals surface area contributed by atoms with Gasteiger partial charge in [0.05, 0.1) is 11.8 Å². The molecule has 1 aliphatic carbocycles. The predicted octanol–water partition coefficient (Wildman–Crippen LogP) is 3.84. The van der Waals surface area contributed by atoms with Crippen LogP contribution in [-0.2, 0) is 12.1 Å². The van der Waals surface area contributed by atoms with E-state index in [9.17, 15) is 5.11 Å². The monoisotopic (exact) mass is 284 g/mol. The van der Waals surface area contributed by atoms with Gasteiger partial charge in [-0.25, -0.2) is 0 Å². The SMILES string of the molecule is CCCn1cc(C2(O)CCCCC2c2ccccc2)cn1. The summed E-state index contributed by atoms with van der Waals surface area (Å²) in [7, 11) is 0. The quantitative estimate of drug-likeness (QED) is 0.926.